The molecule has 0 fully saturated rings. The van der Waals surface area contributed by atoms with Crippen LogP contribution in [-0.4, -0.2) is 35.5 Å². The topological polar surface area (TPSA) is 132 Å². The van der Waals surface area contributed by atoms with E-state index >= 15 is 4.39 Å². The first-order valence-electron chi connectivity index (χ1n) is 10.7. The minimum Gasteiger partial charge on any atom is -0.495 e. The second-order valence-corrected chi connectivity index (χ2v) is 10.3. The predicted octanol–water partition coefficient (Wildman–Crippen LogP) is 3.70. The van der Waals surface area contributed by atoms with E-state index in [1.165, 1.54) is 31.4 Å². The van der Waals surface area contributed by atoms with Crippen molar-refractivity contribution in [1.82, 2.24) is 24.7 Å². The first-order valence-corrected chi connectivity index (χ1v) is 12.6. The number of aromatic nitrogens is 4. The average Bonchev–Trinajstić information content (AvgIpc) is 3.45. The van der Waals surface area contributed by atoms with E-state index in [-0.39, 0.29) is 27.1 Å². The summed E-state index contributed by atoms with van der Waals surface area (Å²) in [6, 6.07) is 5.70. The summed E-state index contributed by atoms with van der Waals surface area (Å²) in [6.45, 7) is 3.34. The van der Waals surface area contributed by atoms with Crippen molar-refractivity contribution >= 4 is 21.6 Å². The minimum absolute atomic E-state index is 0.00539. The highest BCUT2D eigenvalue weighted by Crippen LogP contribution is 2.38. The van der Waals surface area contributed by atoms with E-state index in [1.54, 1.807) is 44.0 Å². The third-order valence-electron chi connectivity index (χ3n) is 5.85. The molecule has 2 aromatic heterocycles. The maximum absolute atomic E-state index is 15.2. The van der Waals surface area contributed by atoms with Gasteiger partial charge in [0.15, 0.2) is 0 Å². The monoisotopic (exact) mass is 535 g/mol. The van der Waals surface area contributed by atoms with Gasteiger partial charge in [0.1, 0.15) is 22.5 Å². The van der Waals surface area contributed by atoms with E-state index in [0.717, 1.165) is 11.1 Å². The fourth-order valence-electron chi connectivity index (χ4n) is 4.13. The zero-order chi connectivity index (χ0) is 26.2. The number of benzene rings is 2. The zero-order valence-corrected chi connectivity index (χ0v) is 21.3. The molecule has 0 radical (unpaired) electrons. The van der Waals surface area contributed by atoms with Crippen molar-refractivity contribution in [3.05, 3.63) is 81.1 Å². The lowest BCUT2D eigenvalue weighted by Crippen LogP contribution is -2.33. The molecule has 4 aromatic rings. The number of hydrogen-bond donors (Lipinski definition) is 2. The average molecular weight is 536 g/mol. The standard InChI is InChI=1S/C23H23ClFN5O5S/c1-12-16(14-10-26-30(3)11-14)6-7-17(25)20(12)13(2)21(22-27-28-23(31)35-22)29-36(32,33)19-8-5-15(24)9-18(19)34-4/h5-11,13,21,29H,1-4H3,(H,28,31). The molecule has 2 heterocycles. The van der Waals surface area contributed by atoms with Crippen molar-refractivity contribution in [2.75, 3.05) is 7.11 Å². The molecule has 4 rings (SSSR count). The summed E-state index contributed by atoms with van der Waals surface area (Å²) in [5.41, 5.74) is 2.27. The van der Waals surface area contributed by atoms with Crippen LogP contribution in [0.15, 0.2) is 56.8 Å². The van der Waals surface area contributed by atoms with E-state index < -0.39 is 33.6 Å². The van der Waals surface area contributed by atoms with Crippen LogP contribution in [0.4, 0.5) is 4.39 Å². The van der Waals surface area contributed by atoms with Crippen LogP contribution in [0, 0.1) is 12.7 Å². The molecule has 10 nitrogen and oxygen atoms in total. The number of H-pyrrole nitrogens is 1. The van der Waals surface area contributed by atoms with Gasteiger partial charge in [0.2, 0.25) is 15.9 Å². The van der Waals surface area contributed by atoms with Gasteiger partial charge in [0.25, 0.3) is 0 Å². The lowest BCUT2D eigenvalue weighted by atomic mass is 9.86. The van der Waals surface area contributed by atoms with Crippen molar-refractivity contribution < 1.29 is 22.0 Å². The summed E-state index contributed by atoms with van der Waals surface area (Å²) < 4.78 is 56.5. The van der Waals surface area contributed by atoms with Crippen molar-refractivity contribution in [1.29, 1.82) is 0 Å². The Morgan fingerprint density at radius 2 is 2.03 bits per heavy atom. The van der Waals surface area contributed by atoms with Gasteiger partial charge < -0.3 is 9.15 Å². The summed E-state index contributed by atoms with van der Waals surface area (Å²) in [6.07, 6.45) is 3.43. The smallest absolute Gasteiger partial charge is 0.434 e. The molecule has 190 valence electrons. The first-order chi connectivity index (χ1) is 17.0. The SMILES string of the molecule is COc1cc(Cl)ccc1S(=O)(=O)NC(c1n[nH]c(=O)o1)C(C)c1c(F)ccc(-c2cnn(C)c2)c1C. The van der Waals surface area contributed by atoms with Crippen LogP contribution in [0.5, 0.6) is 5.75 Å². The van der Waals surface area contributed by atoms with Gasteiger partial charge in [-0.15, -0.1) is 5.10 Å². The Kier molecular flexibility index (Phi) is 7.03. The van der Waals surface area contributed by atoms with E-state index in [2.05, 4.69) is 20.0 Å². The van der Waals surface area contributed by atoms with E-state index in [4.69, 9.17) is 20.8 Å². The molecule has 0 bridgehead atoms. The van der Waals surface area contributed by atoms with E-state index in [9.17, 15) is 13.2 Å². The number of rotatable bonds is 8. The molecule has 0 saturated heterocycles. The van der Waals surface area contributed by atoms with Crippen LogP contribution in [0.3, 0.4) is 0 Å². The number of nitrogens with zero attached hydrogens (tertiary/aromatic N) is 3. The first kappa shape index (κ1) is 25.6. The van der Waals surface area contributed by atoms with Gasteiger partial charge in [-0.2, -0.15) is 9.82 Å². The number of ether oxygens (including phenoxy) is 1. The molecule has 2 unspecified atom stereocenters. The molecule has 2 aromatic carbocycles. The lowest BCUT2D eigenvalue weighted by Gasteiger charge is -2.25. The summed E-state index contributed by atoms with van der Waals surface area (Å²) >= 11 is 5.98. The van der Waals surface area contributed by atoms with Gasteiger partial charge in [-0.25, -0.2) is 22.7 Å². The van der Waals surface area contributed by atoms with Crippen LogP contribution in [-0.2, 0) is 17.1 Å². The van der Waals surface area contributed by atoms with Gasteiger partial charge in [0.05, 0.1) is 13.3 Å². The third kappa shape index (κ3) is 4.92. The third-order valence-corrected chi connectivity index (χ3v) is 7.57. The second kappa shape index (κ2) is 9.88. The summed E-state index contributed by atoms with van der Waals surface area (Å²) in [7, 11) is -1.21. The molecule has 0 spiro atoms. The molecule has 0 aliphatic heterocycles. The van der Waals surface area contributed by atoms with Crippen molar-refractivity contribution in [3.63, 3.8) is 0 Å². The molecule has 0 aliphatic carbocycles. The van der Waals surface area contributed by atoms with Crippen molar-refractivity contribution in [2.24, 2.45) is 7.05 Å². The summed E-state index contributed by atoms with van der Waals surface area (Å²) in [5.74, 6) is -2.55. The predicted molar refractivity (Wildman–Crippen MR) is 130 cm³/mol. The molecule has 2 N–H and O–H groups in total. The van der Waals surface area contributed by atoms with Crippen molar-refractivity contribution in [2.45, 2.75) is 30.7 Å². The Labute approximate surface area is 211 Å². The van der Waals surface area contributed by atoms with Crippen LogP contribution in [0.1, 0.15) is 35.9 Å². The molecule has 0 amide bonds. The number of sulfonamides is 1. The van der Waals surface area contributed by atoms with Crippen LogP contribution < -0.4 is 15.2 Å². The Morgan fingerprint density at radius 1 is 1.28 bits per heavy atom. The van der Waals surface area contributed by atoms with E-state index in [1.807, 2.05) is 0 Å². The summed E-state index contributed by atoms with van der Waals surface area (Å²) in [5, 5.41) is 10.4. The second-order valence-electron chi connectivity index (χ2n) is 8.17. The normalized spacial score (nSPS) is 13.5. The highest BCUT2D eigenvalue weighted by molar-refractivity contribution is 7.89. The molecule has 0 saturated carbocycles. The van der Waals surface area contributed by atoms with Gasteiger partial charge in [-0.05, 0) is 41.8 Å². The Balaban J connectivity index is 1.82. The molecule has 13 heteroatoms. The number of halogens is 2. The largest absolute Gasteiger partial charge is 0.495 e. The molecule has 36 heavy (non-hydrogen) atoms. The van der Waals surface area contributed by atoms with Crippen LogP contribution in [0.2, 0.25) is 5.02 Å². The lowest BCUT2D eigenvalue weighted by molar-refractivity contribution is 0.374. The van der Waals surface area contributed by atoms with Crippen molar-refractivity contribution in [3.8, 4) is 16.9 Å². The number of hydrogen-bond acceptors (Lipinski definition) is 7. The maximum Gasteiger partial charge on any atom is 0.434 e. The Hall–Kier alpha value is -3.48. The van der Waals surface area contributed by atoms with Gasteiger partial charge in [-0.1, -0.05) is 24.6 Å². The summed E-state index contributed by atoms with van der Waals surface area (Å²) in [4.78, 5) is 11.5. The van der Waals surface area contributed by atoms with Crippen LogP contribution >= 0.6 is 11.6 Å². The number of methoxy groups -OCH3 is 1. The van der Waals surface area contributed by atoms with Crippen LogP contribution in [0.25, 0.3) is 11.1 Å². The molecular weight excluding hydrogens is 513 g/mol. The highest BCUT2D eigenvalue weighted by atomic mass is 35.5. The maximum atomic E-state index is 15.2. The Morgan fingerprint density at radius 3 is 2.64 bits per heavy atom. The van der Waals surface area contributed by atoms with Gasteiger partial charge >= 0.3 is 5.76 Å². The number of nitrogens with one attached hydrogen (secondary N) is 2. The fourth-order valence-corrected chi connectivity index (χ4v) is 5.71. The van der Waals surface area contributed by atoms with Gasteiger partial charge in [-0.3, -0.25) is 4.68 Å². The molecule has 0 aliphatic rings. The fraction of sp³-hybridized carbons (Fsp3) is 0.261. The number of aryl methyl sites for hydroxylation is 1. The minimum atomic E-state index is -4.28. The molecule has 2 atom stereocenters. The quantitative estimate of drug-likeness (QED) is 0.351. The van der Waals surface area contributed by atoms with E-state index in [0.29, 0.717) is 5.56 Å². The highest BCUT2D eigenvalue weighted by Gasteiger charge is 2.34. The Bertz CT molecular complexity index is 1580. The molecular formula is C23H23ClFN5O5S. The van der Waals surface area contributed by atoms with Gasteiger partial charge in [0, 0.05) is 35.8 Å². The zero-order valence-electron chi connectivity index (χ0n) is 19.7. The number of aromatic amines is 1.